The minimum atomic E-state index is -0.0301. The van der Waals surface area contributed by atoms with Gasteiger partial charge in [0.05, 0.1) is 11.7 Å². The highest BCUT2D eigenvalue weighted by Gasteiger charge is 2.32. The molecule has 5 heterocycles. The van der Waals surface area contributed by atoms with Crippen LogP contribution in [0.15, 0.2) is 42.7 Å². The average molecular weight is 457 g/mol. The second-order valence-corrected chi connectivity index (χ2v) is 10.1. The van der Waals surface area contributed by atoms with Crippen molar-refractivity contribution in [2.24, 2.45) is 13.0 Å². The summed E-state index contributed by atoms with van der Waals surface area (Å²) in [6.07, 6.45) is 8.37. The Morgan fingerprint density at radius 2 is 2.00 bits per heavy atom. The number of anilines is 1. The lowest BCUT2D eigenvalue weighted by Gasteiger charge is -2.35. The molecule has 4 aromatic rings. The van der Waals surface area contributed by atoms with Crippen LogP contribution in [0.5, 0.6) is 0 Å². The maximum atomic E-state index is 13.8. The van der Waals surface area contributed by atoms with E-state index < -0.39 is 0 Å². The van der Waals surface area contributed by atoms with Gasteiger partial charge in [0.1, 0.15) is 5.82 Å². The summed E-state index contributed by atoms with van der Waals surface area (Å²) < 4.78 is 3.96. The molecule has 6 rings (SSSR count). The summed E-state index contributed by atoms with van der Waals surface area (Å²) in [6, 6.07) is 10.1. The third-order valence-electron chi connectivity index (χ3n) is 7.61. The van der Waals surface area contributed by atoms with Crippen LogP contribution in [-0.4, -0.2) is 49.6 Å². The van der Waals surface area contributed by atoms with Gasteiger partial charge in [0.2, 0.25) is 0 Å². The quantitative estimate of drug-likeness (QED) is 0.447. The Kier molecular flexibility index (Phi) is 5.08. The predicted molar refractivity (Wildman–Crippen MR) is 134 cm³/mol. The van der Waals surface area contributed by atoms with Crippen molar-refractivity contribution in [1.29, 1.82) is 0 Å². The van der Waals surface area contributed by atoms with Crippen LogP contribution in [-0.2, 0) is 7.05 Å². The Bertz CT molecular complexity index is 1380. The molecular formula is C27H32N6O. The summed E-state index contributed by atoms with van der Waals surface area (Å²) >= 11 is 0. The van der Waals surface area contributed by atoms with Crippen molar-refractivity contribution in [2.75, 3.05) is 24.5 Å². The summed E-state index contributed by atoms with van der Waals surface area (Å²) in [4.78, 5) is 23.2. The van der Waals surface area contributed by atoms with E-state index in [1.54, 1.807) is 0 Å². The van der Waals surface area contributed by atoms with Crippen LogP contribution in [0.2, 0.25) is 0 Å². The molecule has 3 aromatic heterocycles. The van der Waals surface area contributed by atoms with Crippen molar-refractivity contribution in [2.45, 2.75) is 45.6 Å². The lowest BCUT2D eigenvalue weighted by atomic mass is 9.97. The van der Waals surface area contributed by atoms with Gasteiger partial charge in [-0.15, -0.1) is 0 Å². The van der Waals surface area contributed by atoms with Gasteiger partial charge in [-0.3, -0.25) is 4.79 Å². The highest BCUT2D eigenvalue weighted by Crippen LogP contribution is 2.34. The fraction of sp³-hybridized carbons (Fsp3) is 0.444. The highest BCUT2D eigenvalue weighted by molar-refractivity contribution is 6.06. The van der Waals surface area contributed by atoms with E-state index in [0.717, 1.165) is 78.1 Å². The fourth-order valence-electron chi connectivity index (χ4n) is 5.76. The van der Waals surface area contributed by atoms with Crippen LogP contribution >= 0.6 is 0 Å². The molecule has 2 saturated heterocycles. The molecule has 34 heavy (non-hydrogen) atoms. The van der Waals surface area contributed by atoms with E-state index in [4.69, 9.17) is 10.1 Å². The van der Waals surface area contributed by atoms with Gasteiger partial charge in [0.15, 0.2) is 5.65 Å². The molecule has 0 saturated carbocycles. The number of hydrogen-bond donors (Lipinski definition) is 0. The number of likely N-dealkylation sites (tertiary alicyclic amines) is 1. The molecule has 176 valence electrons. The van der Waals surface area contributed by atoms with Crippen LogP contribution in [0.3, 0.4) is 0 Å². The number of piperidine rings is 1. The zero-order valence-electron chi connectivity index (χ0n) is 20.2. The molecule has 2 aliphatic rings. The summed E-state index contributed by atoms with van der Waals surface area (Å²) in [5.41, 5.74) is 4.79. The Balaban J connectivity index is 1.35. The summed E-state index contributed by atoms with van der Waals surface area (Å²) in [5, 5.41) is 5.92. The van der Waals surface area contributed by atoms with Crippen LogP contribution < -0.4 is 4.90 Å². The minimum Gasteiger partial charge on any atom is -0.356 e. The molecule has 7 nitrogen and oxygen atoms in total. The van der Waals surface area contributed by atoms with Gasteiger partial charge in [-0.1, -0.05) is 13.0 Å². The van der Waals surface area contributed by atoms with Gasteiger partial charge >= 0.3 is 0 Å². The van der Waals surface area contributed by atoms with E-state index in [1.165, 1.54) is 6.42 Å². The Labute approximate surface area is 200 Å². The van der Waals surface area contributed by atoms with Gasteiger partial charge in [-0.05, 0) is 56.7 Å². The van der Waals surface area contributed by atoms with Crippen LogP contribution in [0.1, 0.15) is 60.3 Å². The maximum absolute atomic E-state index is 13.8. The smallest absolute Gasteiger partial charge is 0.255 e. The topological polar surface area (TPSA) is 58.7 Å². The second-order valence-electron chi connectivity index (χ2n) is 10.1. The number of nitrogens with zero attached hydrogens (tertiary/aromatic N) is 6. The SMILES string of the molecule is Cc1cn2nc(C3CCCCN3C(=O)c3cccc4c3ccn4C)cc2nc1N1CCC(C)C1. The predicted octanol–water partition coefficient (Wildman–Crippen LogP) is 4.74. The monoisotopic (exact) mass is 456 g/mol. The summed E-state index contributed by atoms with van der Waals surface area (Å²) in [7, 11) is 2.02. The van der Waals surface area contributed by atoms with Crippen molar-refractivity contribution in [3.63, 3.8) is 0 Å². The first kappa shape index (κ1) is 21.2. The fourth-order valence-corrected chi connectivity index (χ4v) is 5.76. The van der Waals surface area contributed by atoms with E-state index in [1.807, 2.05) is 40.9 Å². The number of fused-ring (bicyclic) bond motifs is 2. The highest BCUT2D eigenvalue weighted by atomic mass is 16.2. The first-order valence-electron chi connectivity index (χ1n) is 12.5. The minimum absolute atomic E-state index is 0.0301. The van der Waals surface area contributed by atoms with Crippen LogP contribution in [0, 0.1) is 12.8 Å². The Morgan fingerprint density at radius 1 is 1.12 bits per heavy atom. The number of carbonyl (C=O) groups is 1. The zero-order chi connectivity index (χ0) is 23.4. The van der Waals surface area contributed by atoms with Crippen LogP contribution in [0.4, 0.5) is 5.82 Å². The normalized spacial score (nSPS) is 21.1. The van der Waals surface area contributed by atoms with Crippen LogP contribution in [0.25, 0.3) is 16.6 Å². The molecule has 2 unspecified atom stereocenters. The molecule has 0 aliphatic carbocycles. The third-order valence-corrected chi connectivity index (χ3v) is 7.61. The van der Waals surface area contributed by atoms with Gasteiger partial charge in [0.25, 0.3) is 5.91 Å². The largest absolute Gasteiger partial charge is 0.356 e. The first-order chi connectivity index (χ1) is 16.5. The third kappa shape index (κ3) is 3.45. The Morgan fingerprint density at radius 3 is 2.82 bits per heavy atom. The van der Waals surface area contributed by atoms with Crippen molar-refractivity contribution in [1.82, 2.24) is 24.1 Å². The van der Waals surface area contributed by atoms with Gasteiger partial charge < -0.3 is 14.4 Å². The average Bonchev–Trinajstić information content (AvgIpc) is 3.56. The molecular weight excluding hydrogens is 424 g/mol. The number of hydrogen-bond acceptors (Lipinski definition) is 4. The number of benzene rings is 1. The molecule has 0 spiro atoms. The van der Waals surface area contributed by atoms with Gasteiger partial charge in [-0.25, -0.2) is 9.50 Å². The molecule has 0 N–H and O–H groups in total. The number of aryl methyl sites for hydroxylation is 2. The first-order valence-corrected chi connectivity index (χ1v) is 12.5. The molecule has 0 bridgehead atoms. The lowest BCUT2D eigenvalue weighted by Crippen LogP contribution is -2.38. The van der Waals surface area contributed by atoms with Crippen molar-refractivity contribution in [3.8, 4) is 0 Å². The summed E-state index contributed by atoms with van der Waals surface area (Å²) in [6.45, 7) is 7.28. The molecule has 2 atom stereocenters. The van der Waals surface area contributed by atoms with E-state index in [0.29, 0.717) is 5.92 Å². The molecule has 1 amide bonds. The van der Waals surface area contributed by atoms with E-state index in [9.17, 15) is 4.79 Å². The molecule has 7 heteroatoms. The zero-order valence-corrected chi connectivity index (χ0v) is 20.2. The Hall–Kier alpha value is -3.35. The van der Waals surface area contributed by atoms with Crippen molar-refractivity contribution >= 4 is 28.3 Å². The van der Waals surface area contributed by atoms with E-state index in [2.05, 4.69) is 41.6 Å². The number of aromatic nitrogens is 4. The molecule has 2 fully saturated rings. The van der Waals surface area contributed by atoms with E-state index >= 15 is 0 Å². The van der Waals surface area contributed by atoms with Gasteiger partial charge in [-0.2, -0.15) is 5.10 Å². The van der Waals surface area contributed by atoms with Gasteiger partial charge in [0, 0.05) is 67.2 Å². The molecule has 2 aliphatic heterocycles. The molecule has 1 aromatic carbocycles. The van der Waals surface area contributed by atoms with E-state index in [-0.39, 0.29) is 11.9 Å². The van der Waals surface area contributed by atoms with Crippen molar-refractivity contribution < 1.29 is 4.79 Å². The van der Waals surface area contributed by atoms with Crippen molar-refractivity contribution in [3.05, 3.63) is 59.5 Å². The summed E-state index contributed by atoms with van der Waals surface area (Å²) in [5.74, 6) is 1.86. The second kappa shape index (κ2) is 8.15. The maximum Gasteiger partial charge on any atom is 0.255 e. The number of carbonyl (C=O) groups excluding carboxylic acids is 1. The lowest BCUT2D eigenvalue weighted by molar-refractivity contribution is 0.0608. The number of amides is 1. The number of rotatable bonds is 3. The standard InChI is InChI=1S/C27H32N6O/c1-18-10-14-31(16-18)26-19(2)17-33-25(28-26)15-22(29-33)24-8-4-5-12-32(24)27(34)21-7-6-9-23-20(21)11-13-30(23)3/h6-7,9,11,13,15,17-18,24H,4-5,8,10,12,14,16H2,1-3H3. The molecule has 0 radical (unpaired) electrons.